The van der Waals surface area contributed by atoms with Crippen molar-refractivity contribution >= 4 is 5.91 Å². The zero-order valence-electron chi connectivity index (χ0n) is 15.4. The number of carbonyl (C=O) groups is 1. The summed E-state index contributed by atoms with van der Waals surface area (Å²) in [6.07, 6.45) is 4.36. The van der Waals surface area contributed by atoms with Crippen LogP contribution in [0.1, 0.15) is 33.1 Å². The summed E-state index contributed by atoms with van der Waals surface area (Å²) >= 11 is 0. The number of hydrogen-bond donors (Lipinski definition) is 1. The van der Waals surface area contributed by atoms with E-state index in [0.29, 0.717) is 12.4 Å². The van der Waals surface area contributed by atoms with E-state index >= 15 is 0 Å². The summed E-state index contributed by atoms with van der Waals surface area (Å²) in [5.41, 5.74) is 4.49. The average molecular weight is 361 g/mol. The fourth-order valence-corrected chi connectivity index (χ4v) is 3.52. The fourth-order valence-electron chi connectivity index (χ4n) is 3.52. The van der Waals surface area contributed by atoms with Crippen LogP contribution in [-0.4, -0.2) is 31.9 Å². The van der Waals surface area contributed by atoms with Crippen molar-refractivity contribution in [2.24, 2.45) is 7.05 Å². The number of imidazole rings is 1. The number of pyridine rings is 1. The minimum Gasteiger partial charge on any atom is -0.345 e. The lowest BCUT2D eigenvalue weighted by atomic mass is 10.1. The molecule has 0 aliphatic carbocycles. The van der Waals surface area contributed by atoms with Gasteiger partial charge in [-0.05, 0) is 23.3 Å². The zero-order valence-corrected chi connectivity index (χ0v) is 15.4. The summed E-state index contributed by atoms with van der Waals surface area (Å²) in [6.45, 7) is 3.12. The van der Waals surface area contributed by atoms with Gasteiger partial charge in [-0.3, -0.25) is 14.7 Å². The van der Waals surface area contributed by atoms with Crippen LogP contribution in [0.25, 0.3) is 0 Å². The highest BCUT2D eigenvalue weighted by Gasteiger charge is 2.25. The Morgan fingerprint density at radius 1 is 1.11 bits per heavy atom. The first kappa shape index (κ1) is 17.4. The molecule has 3 heterocycles. The van der Waals surface area contributed by atoms with Crippen LogP contribution < -0.4 is 5.32 Å². The van der Waals surface area contributed by atoms with Crippen LogP contribution in [0.2, 0.25) is 0 Å². The monoisotopic (exact) mass is 361 g/mol. The molecule has 0 radical (unpaired) electrons. The molecule has 6 heteroatoms. The zero-order chi connectivity index (χ0) is 18.6. The number of carbonyl (C=O) groups excluding carboxylic acids is 1. The normalized spacial score (nSPS) is 14.0. The van der Waals surface area contributed by atoms with Gasteiger partial charge in [0.25, 0.3) is 5.91 Å². The van der Waals surface area contributed by atoms with Gasteiger partial charge in [-0.2, -0.15) is 0 Å². The number of aromatic nitrogens is 3. The molecule has 1 amide bonds. The lowest BCUT2D eigenvalue weighted by Crippen LogP contribution is -2.30. The minimum atomic E-state index is -0.140. The van der Waals surface area contributed by atoms with Gasteiger partial charge >= 0.3 is 0 Å². The van der Waals surface area contributed by atoms with E-state index < -0.39 is 0 Å². The Kier molecular flexibility index (Phi) is 4.98. The first-order chi connectivity index (χ1) is 13.2. The molecule has 6 nitrogen and oxygen atoms in total. The van der Waals surface area contributed by atoms with Gasteiger partial charge in [0.15, 0.2) is 5.82 Å². The molecular formula is C21H23N5O. The van der Waals surface area contributed by atoms with E-state index in [1.165, 1.54) is 5.56 Å². The van der Waals surface area contributed by atoms with E-state index in [4.69, 9.17) is 0 Å². The molecule has 0 saturated heterocycles. The smallest absolute Gasteiger partial charge is 0.287 e. The van der Waals surface area contributed by atoms with Crippen molar-refractivity contribution in [2.75, 3.05) is 6.54 Å². The molecule has 2 aromatic heterocycles. The van der Waals surface area contributed by atoms with Crippen molar-refractivity contribution in [1.82, 2.24) is 24.8 Å². The third-order valence-corrected chi connectivity index (χ3v) is 4.99. The van der Waals surface area contributed by atoms with Crippen LogP contribution in [0.4, 0.5) is 0 Å². The number of nitrogens with one attached hydrogen (secondary N) is 1. The fraction of sp³-hybridized carbons (Fsp3) is 0.286. The van der Waals surface area contributed by atoms with Gasteiger partial charge < -0.3 is 9.88 Å². The summed E-state index contributed by atoms with van der Waals surface area (Å²) in [6, 6.07) is 14.2. The lowest BCUT2D eigenvalue weighted by molar-refractivity contribution is 0.0937. The van der Waals surface area contributed by atoms with Crippen LogP contribution in [0.15, 0.2) is 54.9 Å². The first-order valence-electron chi connectivity index (χ1n) is 9.18. The van der Waals surface area contributed by atoms with Gasteiger partial charge in [0.1, 0.15) is 0 Å². The second-order valence-corrected chi connectivity index (χ2v) is 6.87. The predicted octanol–water partition coefficient (Wildman–Crippen LogP) is 2.30. The minimum absolute atomic E-state index is 0.140. The van der Waals surface area contributed by atoms with Crippen LogP contribution in [0.5, 0.6) is 0 Å². The second kappa shape index (κ2) is 7.72. The van der Waals surface area contributed by atoms with Crippen LogP contribution in [0, 0.1) is 0 Å². The number of fused-ring (bicyclic) bond motifs is 1. The van der Waals surface area contributed by atoms with Gasteiger partial charge in [-0.25, -0.2) is 4.98 Å². The highest BCUT2D eigenvalue weighted by Crippen LogP contribution is 2.21. The van der Waals surface area contributed by atoms with Gasteiger partial charge in [-0.15, -0.1) is 0 Å². The largest absolute Gasteiger partial charge is 0.345 e. The molecule has 4 rings (SSSR count). The summed E-state index contributed by atoms with van der Waals surface area (Å²) in [5, 5.41) is 2.95. The van der Waals surface area contributed by atoms with Gasteiger partial charge in [0.05, 0.1) is 5.69 Å². The van der Waals surface area contributed by atoms with Crippen molar-refractivity contribution in [3.05, 3.63) is 83.2 Å². The molecule has 1 aliphatic heterocycles. The van der Waals surface area contributed by atoms with Crippen LogP contribution in [0.3, 0.4) is 0 Å². The van der Waals surface area contributed by atoms with E-state index in [-0.39, 0.29) is 5.91 Å². The molecule has 27 heavy (non-hydrogen) atoms. The van der Waals surface area contributed by atoms with Gasteiger partial charge in [0.2, 0.25) is 0 Å². The number of rotatable bonds is 5. The van der Waals surface area contributed by atoms with Gasteiger partial charge in [0, 0.05) is 57.7 Å². The number of benzene rings is 1. The maximum atomic E-state index is 12.6. The van der Waals surface area contributed by atoms with Crippen molar-refractivity contribution in [3.8, 4) is 0 Å². The van der Waals surface area contributed by atoms with Crippen molar-refractivity contribution in [1.29, 1.82) is 0 Å². The third kappa shape index (κ3) is 3.90. The molecule has 0 unspecified atom stereocenters. The second-order valence-electron chi connectivity index (χ2n) is 6.87. The molecular weight excluding hydrogens is 338 g/mol. The summed E-state index contributed by atoms with van der Waals surface area (Å²) in [4.78, 5) is 23.6. The average Bonchev–Trinajstić information content (AvgIpc) is 3.04. The summed E-state index contributed by atoms with van der Waals surface area (Å²) < 4.78 is 1.94. The Labute approximate surface area is 158 Å². The topological polar surface area (TPSA) is 63.1 Å². The summed E-state index contributed by atoms with van der Waals surface area (Å²) in [7, 11) is 1.93. The lowest BCUT2D eigenvalue weighted by Gasteiger charge is -2.26. The Morgan fingerprint density at radius 3 is 2.67 bits per heavy atom. The molecule has 0 bridgehead atoms. The van der Waals surface area contributed by atoms with Crippen molar-refractivity contribution in [3.63, 3.8) is 0 Å². The quantitative estimate of drug-likeness (QED) is 0.757. The molecule has 0 saturated carbocycles. The highest BCUT2D eigenvalue weighted by atomic mass is 16.2. The Morgan fingerprint density at radius 2 is 1.89 bits per heavy atom. The number of hydrogen-bond acceptors (Lipinski definition) is 4. The first-order valence-corrected chi connectivity index (χ1v) is 9.18. The number of amides is 1. The maximum Gasteiger partial charge on any atom is 0.287 e. The Hall–Kier alpha value is -2.99. The van der Waals surface area contributed by atoms with Crippen LogP contribution >= 0.6 is 0 Å². The molecule has 0 fully saturated rings. The highest BCUT2D eigenvalue weighted by molar-refractivity contribution is 5.91. The maximum absolute atomic E-state index is 12.6. The molecule has 138 valence electrons. The third-order valence-electron chi connectivity index (χ3n) is 4.99. The van der Waals surface area contributed by atoms with E-state index in [0.717, 1.165) is 43.0 Å². The van der Waals surface area contributed by atoms with E-state index in [2.05, 4.69) is 44.5 Å². The standard InChI is InChI=1S/C21H23N5O/c1-25-19-9-12-26(14-17-5-3-2-4-6-17)15-18(19)24-20(25)21(27)23-13-16-7-10-22-11-8-16/h2-8,10-11H,9,12-15H2,1H3,(H,23,27). The molecule has 3 aromatic rings. The van der Waals surface area contributed by atoms with Gasteiger partial charge in [-0.1, -0.05) is 30.3 Å². The van der Waals surface area contributed by atoms with E-state index in [9.17, 15) is 4.79 Å². The molecule has 0 atom stereocenters. The van der Waals surface area contributed by atoms with Crippen LogP contribution in [-0.2, 0) is 33.1 Å². The Bertz CT molecular complexity index is 921. The number of nitrogens with zero attached hydrogens (tertiary/aromatic N) is 4. The van der Waals surface area contributed by atoms with E-state index in [1.807, 2.05) is 29.8 Å². The molecule has 0 spiro atoms. The SMILES string of the molecule is Cn1c(C(=O)NCc2ccncc2)nc2c1CCN(Cc1ccccc1)C2. The molecule has 1 aromatic carbocycles. The molecule has 1 aliphatic rings. The molecule has 1 N–H and O–H groups in total. The predicted molar refractivity (Wildman–Crippen MR) is 103 cm³/mol. The van der Waals surface area contributed by atoms with E-state index in [1.54, 1.807) is 12.4 Å². The van der Waals surface area contributed by atoms with Crippen molar-refractivity contribution in [2.45, 2.75) is 26.1 Å². The van der Waals surface area contributed by atoms with Crippen molar-refractivity contribution < 1.29 is 4.79 Å². The summed E-state index contributed by atoms with van der Waals surface area (Å²) in [5.74, 6) is 0.342. The Balaban J connectivity index is 1.44.